The van der Waals surface area contributed by atoms with Gasteiger partial charge in [0.15, 0.2) is 0 Å². The predicted molar refractivity (Wildman–Crippen MR) is 151 cm³/mol. The van der Waals surface area contributed by atoms with Gasteiger partial charge in [-0.3, -0.25) is 13.9 Å². The molecule has 1 unspecified atom stereocenters. The molecule has 0 saturated heterocycles. The molecule has 9 heteroatoms. The van der Waals surface area contributed by atoms with Gasteiger partial charge in [-0.1, -0.05) is 54.9 Å². The number of hydrogen-bond donors (Lipinski definition) is 1. The van der Waals surface area contributed by atoms with Crippen molar-refractivity contribution in [2.24, 2.45) is 0 Å². The lowest BCUT2D eigenvalue weighted by atomic mass is 10.0. The lowest BCUT2D eigenvalue weighted by Gasteiger charge is -2.33. The van der Waals surface area contributed by atoms with Crippen LogP contribution in [0.4, 0.5) is 5.69 Å². The van der Waals surface area contributed by atoms with Crippen LogP contribution in [-0.2, 0) is 26.0 Å². The Morgan fingerprint density at radius 2 is 1.68 bits per heavy atom. The molecule has 2 aromatic rings. The zero-order valence-electron chi connectivity index (χ0n) is 22.8. The normalized spacial score (nSPS) is 12.6. The quantitative estimate of drug-likeness (QED) is 0.405. The van der Waals surface area contributed by atoms with E-state index in [0.29, 0.717) is 42.1 Å². The minimum atomic E-state index is -3.59. The lowest BCUT2D eigenvalue weighted by Crippen LogP contribution is -2.54. The Morgan fingerprint density at radius 3 is 2.24 bits per heavy atom. The van der Waals surface area contributed by atoms with Gasteiger partial charge >= 0.3 is 0 Å². The average molecular weight is 550 g/mol. The summed E-state index contributed by atoms with van der Waals surface area (Å²) < 4.78 is 26.4. The number of amides is 2. The molecule has 0 bridgehead atoms. The van der Waals surface area contributed by atoms with Gasteiger partial charge in [-0.25, -0.2) is 8.42 Å². The molecule has 1 atom stereocenters. The highest BCUT2D eigenvalue weighted by Gasteiger charge is 2.30. The van der Waals surface area contributed by atoms with Crippen LogP contribution in [0.2, 0.25) is 5.02 Å². The SMILES string of the molecule is CCC(C(=O)NC(C)(C)C)N(CCc1ccccc1)C(=O)CCCN(c1cccc(Cl)c1C)S(C)(=O)=O. The molecule has 0 aliphatic rings. The molecule has 204 valence electrons. The van der Waals surface area contributed by atoms with Gasteiger partial charge in [0.2, 0.25) is 21.8 Å². The van der Waals surface area contributed by atoms with E-state index < -0.39 is 21.6 Å². The second-order valence-corrected chi connectivity index (χ2v) is 12.6. The summed E-state index contributed by atoms with van der Waals surface area (Å²) in [5.41, 5.74) is 1.81. The summed E-state index contributed by atoms with van der Waals surface area (Å²) in [5, 5.41) is 3.47. The third kappa shape index (κ3) is 9.34. The minimum Gasteiger partial charge on any atom is -0.350 e. The van der Waals surface area contributed by atoms with Crippen molar-refractivity contribution in [2.75, 3.05) is 23.7 Å². The second kappa shape index (κ2) is 13.3. The first kappa shape index (κ1) is 30.6. The van der Waals surface area contributed by atoms with Crippen molar-refractivity contribution in [2.45, 2.75) is 71.9 Å². The van der Waals surface area contributed by atoms with Gasteiger partial charge in [0, 0.05) is 30.1 Å². The first-order chi connectivity index (χ1) is 17.2. The Labute approximate surface area is 227 Å². The summed E-state index contributed by atoms with van der Waals surface area (Å²) in [4.78, 5) is 28.2. The molecular weight excluding hydrogens is 510 g/mol. The Morgan fingerprint density at radius 1 is 1.03 bits per heavy atom. The molecule has 2 rings (SSSR count). The molecule has 0 aromatic heterocycles. The number of nitrogens with one attached hydrogen (secondary N) is 1. The van der Waals surface area contributed by atoms with E-state index in [1.165, 1.54) is 4.31 Å². The fourth-order valence-electron chi connectivity index (χ4n) is 4.20. The van der Waals surface area contributed by atoms with Crippen LogP contribution in [0.25, 0.3) is 0 Å². The number of sulfonamides is 1. The van der Waals surface area contributed by atoms with Gasteiger partial charge in [0.05, 0.1) is 11.9 Å². The molecule has 0 saturated carbocycles. The lowest BCUT2D eigenvalue weighted by molar-refractivity contribution is -0.141. The highest BCUT2D eigenvalue weighted by atomic mass is 35.5. The monoisotopic (exact) mass is 549 g/mol. The number of halogens is 1. The van der Waals surface area contributed by atoms with Gasteiger partial charge in [-0.2, -0.15) is 0 Å². The predicted octanol–water partition coefficient (Wildman–Crippen LogP) is 4.96. The van der Waals surface area contributed by atoms with Crippen molar-refractivity contribution in [1.82, 2.24) is 10.2 Å². The minimum absolute atomic E-state index is 0.111. The van der Waals surface area contributed by atoms with Crippen molar-refractivity contribution in [3.05, 3.63) is 64.7 Å². The van der Waals surface area contributed by atoms with E-state index >= 15 is 0 Å². The molecule has 0 aliphatic heterocycles. The van der Waals surface area contributed by atoms with E-state index in [1.807, 2.05) is 58.0 Å². The van der Waals surface area contributed by atoms with Crippen LogP contribution in [-0.4, -0.2) is 56.1 Å². The van der Waals surface area contributed by atoms with Crippen LogP contribution >= 0.6 is 11.6 Å². The smallest absolute Gasteiger partial charge is 0.243 e. The molecule has 7 nitrogen and oxygen atoms in total. The topological polar surface area (TPSA) is 86.8 Å². The van der Waals surface area contributed by atoms with Crippen LogP contribution < -0.4 is 9.62 Å². The van der Waals surface area contributed by atoms with Crippen LogP contribution in [0.3, 0.4) is 0 Å². The van der Waals surface area contributed by atoms with Crippen molar-refractivity contribution < 1.29 is 18.0 Å². The van der Waals surface area contributed by atoms with Crippen LogP contribution in [0.5, 0.6) is 0 Å². The van der Waals surface area contributed by atoms with Crippen LogP contribution in [0.15, 0.2) is 48.5 Å². The third-order valence-electron chi connectivity index (χ3n) is 6.03. The van der Waals surface area contributed by atoms with Gasteiger partial charge in [0.25, 0.3) is 0 Å². The van der Waals surface area contributed by atoms with Gasteiger partial charge in [-0.15, -0.1) is 0 Å². The van der Waals surface area contributed by atoms with E-state index in [-0.39, 0.29) is 24.8 Å². The van der Waals surface area contributed by atoms with E-state index in [4.69, 9.17) is 11.6 Å². The van der Waals surface area contributed by atoms with E-state index in [9.17, 15) is 18.0 Å². The molecule has 1 N–H and O–H groups in total. The van der Waals surface area contributed by atoms with E-state index in [2.05, 4.69) is 5.32 Å². The molecule has 0 spiro atoms. The number of nitrogens with zero attached hydrogens (tertiary/aromatic N) is 2. The Balaban J connectivity index is 2.21. The Kier molecular flexibility index (Phi) is 11.0. The van der Waals surface area contributed by atoms with Crippen molar-refractivity contribution in [1.29, 1.82) is 0 Å². The summed E-state index contributed by atoms with van der Waals surface area (Å²) in [6.45, 7) is 9.91. The van der Waals surface area contributed by atoms with Gasteiger partial charge in [-0.05, 0) is 70.2 Å². The van der Waals surface area contributed by atoms with Crippen molar-refractivity contribution in [3.8, 4) is 0 Å². The third-order valence-corrected chi connectivity index (χ3v) is 7.62. The molecule has 0 heterocycles. The fourth-order valence-corrected chi connectivity index (χ4v) is 5.38. The first-order valence-corrected chi connectivity index (χ1v) is 14.9. The fraction of sp³-hybridized carbons (Fsp3) is 0.500. The van der Waals surface area contributed by atoms with Crippen LogP contribution in [0, 0.1) is 6.92 Å². The largest absolute Gasteiger partial charge is 0.350 e. The summed E-state index contributed by atoms with van der Waals surface area (Å²) in [6, 6.07) is 14.3. The number of anilines is 1. The zero-order chi connectivity index (χ0) is 27.8. The number of carbonyl (C=O) groups excluding carboxylic acids is 2. The molecule has 2 aromatic carbocycles. The molecule has 37 heavy (non-hydrogen) atoms. The maximum absolute atomic E-state index is 13.5. The van der Waals surface area contributed by atoms with Gasteiger partial charge < -0.3 is 10.2 Å². The number of benzene rings is 2. The highest BCUT2D eigenvalue weighted by Crippen LogP contribution is 2.28. The summed E-state index contributed by atoms with van der Waals surface area (Å²) >= 11 is 6.23. The number of carbonyl (C=O) groups is 2. The number of hydrogen-bond acceptors (Lipinski definition) is 4. The van der Waals surface area contributed by atoms with Crippen molar-refractivity contribution >= 4 is 39.1 Å². The maximum atomic E-state index is 13.5. The molecule has 0 radical (unpaired) electrons. The molecular formula is C28H40ClN3O4S. The zero-order valence-corrected chi connectivity index (χ0v) is 24.3. The van der Waals surface area contributed by atoms with Crippen LogP contribution in [0.1, 0.15) is 58.1 Å². The highest BCUT2D eigenvalue weighted by molar-refractivity contribution is 7.92. The summed E-state index contributed by atoms with van der Waals surface area (Å²) in [7, 11) is -3.59. The maximum Gasteiger partial charge on any atom is 0.243 e. The summed E-state index contributed by atoms with van der Waals surface area (Å²) in [5.74, 6) is -0.369. The van der Waals surface area contributed by atoms with Gasteiger partial charge in [0.1, 0.15) is 6.04 Å². The number of rotatable bonds is 12. The van der Waals surface area contributed by atoms with E-state index in [1.54, 1.807) is 30.0 Å². The average Bonchev–Trinajstić information content (AvgIpc) is 2.80. The molecule has 0 aliphatic carbocycles. The summed E-state index contributed by atoms with van der Waals surface area (Å²) in [6.07, 6.45) is 2.64. The first-order valence-electron chi connectivity index (χ1n) is 12.6. The Hall–Kier alpha value is -2.58. The Bertz CT molecular complexity index is 1160. The van der Waals surface area contributed by atoms with Crippen molar-refractivity contribution in [3.63, 3.8) is 0 Å². The molecule has 0 fully saturated rings. The van der Waals surface area contributed by atoms with E-state index in [0.717, 1.165) is 11.8 Å². The standard InChI is InChI=1S/C28H40ClN3O4S/c1-7-24(27(34)30-28(3,4)5)31(20-18-22-13-9-8-10-14-22)26(33)17-12-19-32(37(6,35)36)25-16-11-15-23(29)21(25)2/h8-11,13-16,24H,7,12,17-20H2,1-6H3,(H,30,34). The molecule has 2 amide bonds. The second-order valence-electron chi connectivity index (χ2n) is 10.3.